The Morgan fingerprint density at radius 2 is 1.85 bits per heavy atom. The molecule has 0 aromatic heterocycles. The minimum absolute atomic E-state index is 0.0313. The van der Waals surface area contributed by atoms with Crippen LogP contribution in [0.3, 0.4) is 0 Å². The molecule has 2 fully saturated rings. The fraction of sp³-hybridized carbons (Fsp3) is 0.450. The molecule has 136 valence electrons. The molecule has 2 aliphatic heterocycles. The lowest BCUT2D eigenvalue weighted by molar-refractivity contribution is -0.137. The molecular formula is C20H23N3O3. The Hall–Kier alpha value is -2.63. The van der Waals surface area contributed by atoms with Crippen molar-refractivity contribution in [3.05, 3.63) is 41.5 Å². The predicted molar refractivity (Wildman–Crippen MR) is 97.3 cm³/mol. The van der Waals surface area contributed by atoms with E-state index < -0.39 is 6.04 Å². The normalized spacial score (nSPS) is 23.9. The van der Waals surface area contributed by atoms with Crippen LogP contribution >= 0.6 is 0 Å². The number of piperidine rings is 1. The summed E-state index contributed by atoms with van der Waals surface area (Å²) in [6.45, 7) is 1.35. The van der Waals surface area contributed by atoms with Gasteiger partial charge in [0.1, 0.15) is 6.04 Å². The molecule has 6 heteroatoms. The van der Waals surface area contributed by atoms with Gasteiger partial charge in [-0.25, -0.2) is 4.79 Å². The standard InChI is InChI=1S/C20H23N3O3/c1-21-16(18(25)22(2)19(21)26)13-17(24)23-11-9-20(10-12-23)8-7-14-5-3-4-6-15(14)20/h3-8,16H,9-13H2,1-2H3. The fourth-order valence-electron chi connectivity index (χ4n) is 4.40. The number of likely N-dealkylation sites (tertiary alicyclic amines) is 1. The molecule has 1 unspecified atom stereocenters. The lowest BCUT2D eigenvalue weighted by Crippen LogP contribution is -2.46. The molecule has 1 atom stereocenters. The molecule has 4 rings (SSSR count). The van der Waals surface area contributed by atoms with Crippen LogP contribution in [0.15, 0.2) is 30.3 Å². The Bertz CT molecular complexity index is 808. The molecule has 0 N–H and O–H groups in total. The number of carbonyl (C=O) groups is 3. The maximum absolute atomic E-state index is 12.7. The largest absolute Gasteiger partial charge is 0.343 e. The van der Waals surface area contributed by atoms with Gasteiger partial charge in [-0.1, -0.05) is 36.4 Å². The number of likely N-dealkylation sites (N-methyl/N-ethyl adjacent to an activating group) is 2. The number of amides is 4. The van der Waals surface area contributed by atoms with Gasteiger partial charge >= 0.3 is 6.03 Å². The Balaban J connectivity index is 1.42. The maximum atomic E-state index is 12.7. The first-order chi connectivity index (χ1) is 12.4. The summed E-state index contributed by atoms with van der Waals surface area (Å²) in [4.78, 5) is 41.0. The predicted octanol–water partition coefficient (Wildman–Crippen LogP) is 1.86. The van der Waals surface area contributed by atoms with E-state index in [1.54, 1.807) is 7.05 Å². The van der Waals surface area contributed by atoms with Gasteiger partial charge in [0, 0.05) is 32.6 Å². The second-order valence-corrected chi connectivity index (χ2v) is 7.47. The van der Waals surface area contributed by atoms with Gasteiger partial charge < -0.3 is 9.80 Å². The summed E-state index contributed by atoms with van der Waals surface area (Å²) < 4.78 is 0. The number of allylic oxidation sites excluding steroid dienone is 1. The van der Waals surface area contributed by atoms with E-state index in [0.29, 0.717) is 13.1 Å². The van der Waals surface area contributed by atoms with E-state index in [0.717, 1.165) is 17.7 Å². The lowest BCUT2D eigenvalue weighted by atomic mass is 9.74. The summed E-state index contributed by atoms with van der Waals surface area (Å²) >= 11 is 0. The number of hydrogen-bond acceptors (Lipinski definition) is 3. The van der Waals surface area contributed by atoms with Crippen molar-refractivity contribution in [2.45, 2.75) is 30.7 Å². The Morgan fingerprint density at radius 3 is 2.50 bits per heavy atom. The molecule has 26 heavy (non-hydrogen) atoms. The molecule has 1 aromatic carbocycles. The highest BCUT2D eigenvalue weighted by molar-refractivity contribution is 6.05. The molecule has 6 nitrogen and oxygen atoms in total. The first kappa shape index (κ1) is 16.8. The highest BCUT2D eigenvalue weighted by Gasteiger charge is 2.44. The maximum Gasteiger partial charge on any atom is 0.326 e. The van der Waals surface area contributed by atoms with Gasteiger partial charge in [-0.05, 0) is 24.0 Å². The van der Waals surface area contributed by atoms with Crippen LogP contribution in [0, 0.1) is 0 Å². The summed E-state index contributed by atoms with van der Waals surface area (Å²) in [6, 6.07) is 7.41. The van der Waals surface area contributed by atoms with Gasteiger partial charge in [-0.15, -0.1) is 0 Å². The molecular weight excluding hydrogens is 330 g/mol. The summed E-state index contributed by atoms with van der Waals surface area (Å²) in [5.41, 5.74) is 2.65. The van der Waals surface area contributed by atoms with Crippen molar-refractivity contribution >= 4 is 23.9 Å². The van der Waals surface area contributed by atoms with Crippen molar-refractivity contribution < 1.29 is 14.4 Å². The number of imide groups is 1. The number of fused-ring (bicyclic) bond motifs is 2. The van der Waals surface area contributed by atoms with Crippen molar-refractivity contribution in [3.63, 3.8) is 0 Å². The third-order valence-electron chi connectivity index (χ3n) is 6.13. The first-order valence-corrected chi connectivity index (χ1v) is 9.04. The number of nitrogens with zero attached hydrogens (tertiary/aromatic N) is 3. The summed E-state index contributed by atoms with van der Waals surface area (Å²) in [7, 11) is 3.04. The van der Waals surface area contributed by atoms with Crippen LogP contribution in [0.2, 0.25) is 0 Å². The number of rotatable bonds is 2. The van der Waals surface area contributed by atoms with Gasteiger partial charge in [0.05, 0.1) is 6.42 Å². The average Bonchev–Trinajstić information content (AvgIpc) is 3.10. The minimum atomic E-state index is -0.678. The van der Waals surface area contributed by atoms with Gasteiger partial charge in [0.2, 0.25) is 5.91 Å². The van der Waals surface area contributed by atoms with E-state index in [2.05, 4.69) is 30.4 Å². The van der Waals surface area contributed by atoms with Crippen LogP contribution in [0.25, 0.3) is 6.08 Å². The van der Waals surface area contributed by atoms with Crippen molar-refractivity contribution in [2.24, 2.45) is 0 Å². The third kappa shape index (κ3) is 2.43. The molecule has 0 bridgehead atoms. The second-order valence-electron chi connectivity index (χ2n) is 7.47. The second kappa shape index (κ2) is 5.97. The minimum Gasteiger partial charge on any atom is -0.343 e. The molecule has 4 amide bonds. The van der Waals surface area contributed by atoms with Gasteiger partial charge in [0.15, 0.2) is 0 Å². The zero-order chi connectivity index (χ0) is 18.5. The molecule has 2 saturated heterocycles. The van der Waals surface area contributed by atoms with Crippen molar-refractivity contribution in [2.75, 3.05) is 27.2 Å². The van der Waals surface area contributed by atoms with Gasteiger partial charge in [-0.2, -0.15) is 0 Å². The topological polar surface area (TPSA) is 60.9 Å². The highest BCUT2D eigenvalue weighted by Crippen LogP contribution is 2.43. The monoisotopic (exact) mass is 353 g/mol. The van der Waals surface area contributed by atoms with E-state index in [-0.39, 0.29) is 29.7 Å². The van der Waals surface area contributed by atoms with Crippen LogP contribution in [-0.2, 0) is 15.0 Å². The molecule has 1 aliphatic carbocycles. The first-order valence-electron chi connectivity index (χ1n) is 9.04. The molecule has 2 heterocycles. The summed E-state index contributed by atoms with van der Waals surface area (Å²) in [5.74, 6) is -0.351. The number of benzene rings is 1. The van der Waals surface area contributed by atoms with E-state index in [1.165, 1.54) is 23.1 Å². The SMILES string of the molecule is CN1C(=O)C(CC(=O)N2CCC3(C=Cc4ccccc43)CC2)N(C)C1=O. The van der Waals surface area contributed by atoms with Crippen LogP contribution < -0.4 is 0 Å². The molecule has 3 aliphatic rings. The Kier molecular flexibility index (Phi) is 3.86. The molecule has 0 radical (unpaired) electrons. The van der Waals surface area contributed by atoms with Crippen molar-refractivity contribution in [3.8, 4) is 0 Å². The lowest BCUT2D eigenvalue weighted by Gasteiger charge is -2.39. The summed E-state index contributed by atoms with van der Waals surface area (Å²) in [6.07, 6.45) is 6.30. The third-order valence-corrected chi connectivity index (χ3v) is 6.13. The zero-order valence-corrected chi connectivity index (χ0v) is 15.1. The van der Waals surface area contributed by atoms with E-state index in [9.17, 15) is 14.4 Å². The highest BCUT2D eigenvalue weighted by atomic mass is 16.2. The van der Waals surface area contributed by atoms with Crippen LogP contribution in [0.5, 0.6) is 0 Å². The Morgan fingerprint density at radius 1 is 1.15 bits per heavy atom. The van der Waals surface area contributed by atoms with E-state index in [1.807, 2.05) is 11.0 Å². The number of urea groups is 1. The average molecular weight is 353 g/mol. The van der Waals surface area contributed by atoms with Crippen molar-refractivity contribution in [1.29, 1.82) is 0 Å². The van der Waals surface area contributed by atoms with Gasteiger partial charge in [-0.3, -0.25) is 14.5 Å². The Labute approximate surface area is 153 Å². The van der Waals surface area contributed by atoms with E-state index >= 15 is 0 Å². The quantitative estimate of drug-likeness (QED) is 0.763. The molecule has 1 aromatic rings. The fourth-order valence-corrected chi connectivity index (χ4v) is 4.40. The zero-order valence-electron chi connectivity index (χ0n) is 15.1. The van der Waals surface area contributed by atoms with Gasteiger partial charge in [0.25, 0.3) is 5.91 Å². The smallest absolute Gasteiger partial charge is 0.326 e. The van der Waals surface area contributed by atoms with Crippen LogP contribution in [0.1, 0.15) is 30.4 Å². The van der Waals surface area contributed by atoms with Crippen molar-refractivity contribution in [1.82, 2.24) is 14.7 Å². The van der Waals surface area contributed by atoms with Crippen LogP contribution in [-0.4, -0.2) is 65.8 Å². The number of hydrogen-bond donors (Lipinski definition) is 0. The molecule has 0 saturated carbocycles. The number of carbonyl (C=O) groups excluding carboxylic acids is 3. The summed E-state index contributed by atoms with van der Waals surface area (Å²) in [5, 5.41) is 0. The molecule has 1 spiro atoms. The van der Waals surface area contributed by atoms with Crippen LogP contribution in [0.4, 0.5) is 4.79 Å². The van der Waals surface area contributed by atoms with E-state index in [4.69, 9.17) is 0 Å².